The number of carbonyl (C=O) groups is 1. The number of nitrogens with two attached hydrogens (primary N) is 1. The largest absolute Gasteiger partial charge is 0.336 e. The van der Waals surface area contributed by atoms with E-state index in [2.05, 4.69) is 35.6 Å². The summed E-state index contributed by atoms with van der Waals surface area (Å²) in [5, 5.41) is 4.27. The highest BCUT2D eigenvalue weighted by Gasteiger charge is 2.31. The van der Waals surface area contributed by atoms with E-state index in [4.69, 9.17) is 5.73 Å². The molecule has 2 heterocycles. The number of likely N-dealkylation sites (tertiary alicyclic amines) is 1. The molecular formula is C16H26N2OS. The van der Waals surface area contributed by atoms with Gasteiger partial charge in [-0.05, 0) is 60.0 Å². The molecule has 20 heavy (non-hydrogen) atoms. The van der Waals surface area contributed by atoms with Gasteiger partial charge < -0.3 is 10.6 Å². The van der Waals surface area contributed by atoms with E-state index in [9.17, 15) is 4.79 Å². The Morgan fingerprint density at radius 1 is 1.55 bits per heavy atom. The summed E-state index contributed by atoms with van der Waals surface area (Å²) in [6.45, 7) is 5.90. The Hall–Kier alpha value is -0.870. The van der Waals surface area contributed by atoms with Gasteiger partial charge >= 0.3 is 0 Å². The fourth-order valence-corrected chi connectivity index (χ4v) is 3.88. The van der Waals surface area contributed by atoms with Gasteiger partial charge in [0.1, 0.15) is 0 Å². The lowest BCUT2D eigenvalue weighted by molar-refractivity contribution is -0.133. The average Bonchev–Trinajstić information content (AvgIpc) is 3.07. The summed E-state index contributed by atoms with van der Waals surface area (Å²) in [7, 11) is 0. The molecule has 2 N–H and O–H groups in total. The van der Waals surface area contributed by atoms with E-state index in [1.54, 1.807) is 11.3 Å². The molecule has 1 saturated heterocycles. The van der Waals surface area contributed by atoms with Gasteiger partial charge in [-0.25, -0.2) is 0 Å². The van der Waals surface area contributed by atoms with Crippen LogP contribution in [0.25, 0.3) is 0 Å². The minimum atomic E-state index is 0.287. The molecule has 1 unspecified atom stereocenters. The molecule has 4 heteroatoms. The normalized spacial score (nSPS) is 20.6. The summed E-state index contributed by atoms with van der Waals surface area (Å²) in [5.41, 5.74) is 7.13. The Labute approximate surface area is 126 Å². The Morgan fingerprint density at radius 2 is 2.35 bits per heavy atom. The van der Waals surface area contributed by atoms with Gasteiger partial charge in [0.05, 0.1) is 6.04 Å². The maximum atomic E-state index is 12.6. The SMILES string of the molecule is CC(C)C[C@H](CN)CC(=O)N1CCCC1c1ccsc1. The van der Waals surface area contributed by atoms with Crippen LogP contribution < -0.4 is 5.73 Å². The van der Waals surface area contributed by atoms with E-state index >= 15 is 0 Å². The van der Waals surface area contributed by atoms with Crippen LogP contribution in [0.4, 0.5) is 0 Å². The predicted octanol–water partition coefficient (Wildman–Crippen LogP) is 3.42. The summed E-state index contributed by atoms with van der Waals surface area (Å²) < 4.78 is 0. The number of carbonyl (C=O) groups excluding carboxylic acids is 1. The molecule has 2 rings (SSSR count). The molecule has 0 radical (unpaired) electrons. The van der Waals surface area contributed by atoms with E-state index in [1.165, 1.54) is 5.56 Å². The highest BCUT2D eigenvalue weighted by Crippen LogP contribution is 2.34. The topological polar surface area (TPSA) is 46.3 Å². The molecule has 1 aliphatic heterocycles. The van der Waals surface area contributed by atoms with Crippen LogP contribution in [0.5, 0.6) is 0 Å². The van der Waals surface area contributed by atoms with E-state index in [0.717, 1.165) is 25.8 Å². The van der Waals surface area contributed by atoms with Crippen molar-refractivity contribution in [1.82, 2.24) is 4.90 Å². The maximum absolute atomic E-state index is 12.6. The summed E-state index contributed by atoms with van der Waals surface area (Å²) in [6.07, 6.45) is 3.86. The van der Waals surface area contributed by atoms with Crippen molar-refractivity contribution in [3.05, 3.63) is 22.4 Å². The van der Waals surface area contributed by atoms with Crippen LogP contribution in [0, 0.1) is 11.8 Å². The van der Waals surface area contributed by atoms with Crippen molar-refractivity contribution in [2.24, 2.45) is 17.6 Å². The van der Waals surface area contributed by atoms with Crippen molar-refractivity contribution in [2.75, 3.05) is 13.1 Å². The summed E-state index contributed by atoms with van der Waals surface area (Å²) in [5.74, 6) is 1.21. The molecule has 3 nitrogen and oxygen atoms in total. The second-order valence-electron chi connectivity index (χ2n) is 6.24. The van der Waals surface area contributed by atoms with Gasteiger partial charge in [-0.2, -0.15) is 11.3 Å². The second-order valence-corrected chi connectivity index (χ2v) is 7.02. The molecule has 0 aromatic carbocycles. The molecule has 112 valence electrons. The number of nitrogens with zero attached hydrogens (tertiary/aromatic N) is 1. The van der Waals surface area contributed by atoms with Crippen molar-refractivity contribution in [3.8, 4) is 0 Å². The molecule has 0 saturated carbocycles. The third-order valence-electron chi connectivity index (χ3n) is 4.10. The molecule has 0 spiro atoms. The zero-order valence-electron chi connectivity index (χ0n) is 12.5. The molecule has 0 bridgehead atoms. The first-order valence-corrected chi connectivity index (χ1v) is 8.57. The molecule has 2 atom stereocenters. The number of hydrogen-bond acceptors (Lipinski definition) is 3. The highest BCUT2D eigenvalue weighted by molar-refractivity contribution is 7.07. The van der Waals surface area contributed by atoms with E-state index in [-0.39, 0.29) is 5.91 Å². The fraction of sp³-hybridized carbons (Fsp3) is 0.688. The van der Waals surface area contributed by atoms with Crippen LogP contribution in [0.1, 0.15) is 51.1 Å². The number of hydrogen-bond donors (Lipinski definition) is 1. The minimum absolute atomic E-state index is 0.287. The Morgan fingerprint density at radius 3 is 2.95 bits per heavy atom. The summed E-state index contributed by atoms with van der Waals surface area (Å²) >= 11 is 1.71. The van der Waals surface area contributed by atoms with Gasteiger partial charge in [0.2, 0.25) is 5.91 Å². The monoisotopic (exact) mass is 294 g/mol. The Kier molecular flexibility index (Phi) is 5.61. The minimum Gasteiger partial charge on any atom is -0.336 e. The van der Waals surface area contributed by atoms with Crippen LogP contribution in [0.2, 0.25) is 0 Å². The van der Waals surface area contributed by atoms with Crippen LogP contribution in [0.3, 0.4) is 0 Å². The summed E-state index contributed by atoms with van der Waals surface area (Å²) in [4.78, 5) is 14.6. The third-order valence-corrected chi connectivity index (χ3v) is 4.80. The number of rotatable bonds is 6. The molecule has 1 aliphatic rings. The third kappa shape index (κ3) is 3.83. The van der Waals surface area contributed by atoms with Gasteiger partial charge in [0, 0.05) is 13.0 Å². The van der Waals surface area contributed by atoms with Gasteiger partial charge in [-0.3, -0.25) is 4.79 Å². The maximum Gasteiger partial charge on any atom is 0.223 e. The van der Waals surface area contributed by atoms with E-state index in [1.807, 2.05) is 0 Å². The van der Waals surface area contributed by atoms with Gasteiger partial charge in [-0.15, -0.1) is 0 Å². The molecule has 1 amide bonds. The van der Waals surface area contributed by atoms with Crippen molar-refractivity contribution >= 4 is 17.2 Å². The van der Waals surface area contributed by atoms with Crippen molar-refractivity contribution in [2.45, 2.75) is 45.6 Å². The average molecular weight is 294 g/mol. The Bertz CT molecular complexity index is 416. The molecule has 1 aromatic heterocycles. The Balaban J connectivity index is 1.97. The zero-order chi connectivity index (χ0) is 14.5. The van der Waals surface area contributed by atoms with Crippen LogP contribution in [-0.4, -0.2) is 23.9 Å². The van der Waals surface area contributed by atoms with Crippen LogP contribution in [0.15, 0.2) is 16.8 Å². The summed E-state index contributed by atoms with van der Waals surface area (Å²) in [6, 6.07) is 2.45. The van der Waals surface area contributed by atoms with Gasteiger partial charge in [0.25, 0.3) is 0 Å². The van der Waals surface area contributed by atoms with Crippen LogP contribution >= 0.6 is 11.3 Å². The fourth-order valence-electron chi connectivity index (χ4n) is 3.17. The lowest BCUT2D eigenvalue weighted by atomic mass is 9.93. The zero-order valence-corrected chi connectivity index (χ0v) is 13.4. The number of amides is 1. The van der Waals surface area contributed by atoms with Gasteiger partial charge in [-0.1, -0.05) is 13.8 Å². The van der Waals surface area contributed by atoms with Crippen LogP contribution in [-0.2, 0) is 4.79 Å². The van der Waals surface area contributed by atoms with Gasteiger partial charge in [0.15, 0.2) is 0 Å². The smallest absolute Gasteiger partial charge is 0.223 e. The quantitative estimate of drug-likeness (QED) is 0.874. The molecule has 1 aromatic rings. The lowest BCUT2D eigenvalue weighted by Gasteiger charge is -2.26. The molecule has 0 aliphatic carbocycles. The highest BCUT2D eigenvalue weighted by atomic mass is 32.1. The van der Waals surface area contributed by atoms with Crippen molar-refractivity contribution in [1.29, 1.82) is 0 Å². The molecular weight excluding hydrogens is 268 g/mol. The first-order chi connectivity index (χ1) is 9.61. The van der Waals surface area contributed by atoms with E-state index < -0.39 is 0 Å². The second kappa shape index (κ2) is 7.23. The predicted molar refractivity (Wildman–Crippen MR) is 84.6 cm³/mol. The van der Waals surface area contributed by atoms with Crippen molar-refractivity contribution < 1.29 is 4.79 Å². The van der Waals surface area contributed by atoms with Crippen molar-refractivity contribution in [3.63, 3.8) is 0 Å². The lowest BCUT2D eigenvalue weighted by Crippen LogP contribution is -2.33. The number of thiophene rings is 1. The standard InChI is InChI=1S/C16H26N2OS/c1-12(2)8-13(10-17)9-16(19)18-6-3-4-15(18)14-5-7-20-11-14/h5,7,11-13,15H,3-4,6,8-10,17H2,1-2H3/t13-,15?/m0/s1. The first-order valence-electron chi connectivity index (χ1n) is 7.63. The van der Waals surface area contributed by atoms with E-state index in [0.29, 0.717) is 30.8 Å². The first kappa shape index (κ1) is 15.5. The molecule has 1 fully saturated rings.